The number of nitrogens with one attached hydrogen (secondary N) is 1. The van der Waals surface area contributed by atoms with Crippen LogP contribution in [0, 0.1) is 11.8 Å². The van der Waals surface area contributed by atoms with E-state index in [1.807, 2.05) is 0 Å². The van der Waals surface area contributed by atoms with Gasteiger partial charge in [0.2, 0.25) is 0 Å². The van der Waals surface area contributed by atoms with Crippen molar-refractivity contribution in [2.75, 3.05) is 26.3 Å². The summed E-state index contributed by atoms with van der Waals surface area (Å²) in [5, 5.41) is 3.47. The first-order valence-corrected chi connectivity index (χ1v) is 5.40. The molecule has 1 saturated heterocycles. The van der Waals surface area contributed by atoms with Gasteiger partial charge in [-0.2, -0.15) is 0 Å². The minimum atomic E-state index is 0.258. The highest BCUT2D eigenvalue weighted by Gasteiger charge is 2.24. The molecule has 2 aliphatic rings. The third-order valence-corrected chi connectivity index (χ3v) is 3.08. The number of hydrogen-bond donors (Lipinski definition) is 2. The monoisotopic (exact) mass is 184 g/mol. The van der Waals surface area contributed by atoms with Crippen molar-refractivity contribution < 1.29 is 4.74 Å². The molecule has 3 heteroatoms. The second-order valence-electron chi connectivity index (χ2n) is 4.40. The Morgan fingerprint density at radius 1 is 1.31 bits per heavy atom. The van der Waals surface area contributed by atoms with E-state index in [1.54, 1.807) is 0 Å². The summed E-state index contributed by atoms with van der Waals surface area (Å²) in [6, 6.07) is 0.258. The van der Waals surface area contributed by atoms with E-state index in [0.29, 0.717) is 5.92 Å². The lowest BCUT2D eigenvalue weighted by Crippen LogP contribution is -2.36. The van der Waals surface area contributed by atoms with Crippen LogP contribution in [0.15, 0.2) is 0 Å². The summed E-state index contributed by atoms with van der Waals surface area (Å²) in [6.07, 6.45) is 4.25. The fourth-order valence-electron chi connectivity index (χ4n) is 1.83. The molecule has 2 fully saturated rings. The first-order chi connectivity index (χ1) is 6.36. The highest BCUT2D eigenvalue weighted by Crippen LogP contribution is 2.31. The molecule has 3 nitrogen and oxygen atoms in total. The van der Waals surface area contributed by atoms with Gasteiger partial charge in [-0.3, -0.25) is 0 Å². The molecular weight excluding hydrogens is 164 g/mol. The van der Waals surface area contributed by atoms with E-state index in [1.165, 1.54) is 19.3 Å². The van der Waals surface area contributed by atoms with Crippen LogP contribution in [0.1, 0.15) is 19.3 Å². The maximum atomic E-state index is 5.87. The number of nitrogens with two attached hydrogens (primary N) is 1. The van der Waals surface area contributed by atoms with Crippen molar-refractivity contribution in [3.8, 4) is 0 Å². The molecule has 1 aliphatic heterocycles. The molecule has 0 aromatic heterocycles. The van der Waals surface area contributed by atoms with Gasteiger partial charge in [-0.1, -0.05) is 12.8 Å². The Balaban J connectivity index is 1.51. The lowest BCUT2D eigenvalue weighted by atomic mass is 10.1. The second-order valence-corrected chi connectivity index (χ2v) is 4.40. The van der Waals surface area contributed by atoms with Crippen LogP contribution in [0.5, 0.6) is 0 Å². The number of rotatable bonds is 5. The standard InChI is InChI=1S/C10H20N2O/c11-10-7-13-6-9(10)5-12-4-3-8-1-2-8/h8-10,12H,1-7,11H2. The fraction of sp³-hybridized carbons (Fsp3) is 1.00. The predicted molar refractivity (Wildman–Crippen MR) is 52.5 cm³/mol. The van der Waals surface area contributed by atoms with E-state index in [-0.39, 0.29) is 6.04 Å². The van der Waals surface area contributed by atoms with Crippen LogP contribution in [-0.4, -0.2) is 32.3 Å². The quantitative estimate of drug-likeness (QED) is 0.606. The minimum Gasteiger partial charge on any atom is -0.379 e. The van der Waals surface area contributed by atoms with Crippen LogP contribution in [0.3, 0.4) is 0 Å². The van der Waals surface area contributed by atoms with Crippen LogP contribution in [0.25, 0.3) is 0 Å². The maximum Gasteiger partial charge on any atom is 0.0621 e. The SMILES string of the molecule is NC1COCC1CNCCC1CC1. The predicted octanol–water partition coefficient (Wildman–Crippen LogP) is 0.350. The molecule has 3 N–H and O–H groups in total. The minimum absolute atomic E-state index is 0.258. The van der Waals surface area contributed by atoms with Crippen molar-refractivity contribution in [2.45, 2.75) is 25.3 Å². The van der Waals surface area contributed by atoms with Gasteiger partial charge in [-0.15, -0.1) is 0 Å². The van der Waals surface area contributed by atoms with Crippen LogP contribution in [-0.2, 0) is 4.74 Å². The highest BCUT2D eigenvalue weighted by atomic mass is 16.5. The van der Waals surface area contributed by atoms with E-state index >= 15 is 0 Å². The lowest BCUT2D eigenvalue weighted by Gasteiger charge is -2.13. The van der Waals surface area contributed by atoms with Gasteiger partial charge in [0.05, 0.1) is 13.2 Å². The molecule has 0 aromatic carbocycles. The first-order valence-electron chi connectivity index (χ1n) is 5.40. The Kier molecular flexibility index (Phi) is 3.19. The average Bonchev–Trinajstić information content (AvgIpc) is 2.86. The summed E-state index contributed by atoms with van der Waals surface area (Å²) < 4.78 is 5.29. The van der Waals surface area contributed by atoms with Crippen molar-refractivity contribution in [1.82, 2.24) is 5.32 Å². The van der Waals surface area contributed by atoms with Crippen LogP contribution >= 0.6 is 0 Å². The highest BCUT2D eigenvalue weighted by molar-refractivity contribution is 4.80. The van der Waals surface area contributed by atoms with Gasteiger partial charge in [0, 0.05) is 18.5 Å². The smallest absolute Gasteiger partial charge is 0.0621 e. The van der Waals surface area contributed by atoms with Crippen molar-refractivity contribution >= 4 is 0 Å². The fourth-order valence-corrected chi connectivity index (χ4v) is 1.83. The third-order valence-electron chi connectivity index (χ3n) is 3.08. The van der Waals surface area contributed by atoms with Gasteiger partial charge < -0.3 is 15.8 Å². The van der Waals surface area contributed by atoms with Gasteiger partial charge in [0.25, 0.3) is 0 Å². The average molecular weight is 184 g/mol. The van der Waals surface area contributed by atoms with Gasteiger partial charge in [0.15, 0.2) is 0 Å². The van der Waals surface area contributed by atoms with E-state index in [9.17, 15) is 0 Å². The summed E-state index contributed by atoms with van der Waals surface area (Å²) in [6.45, 7) is 3.79. The molecule has 0 amide bonds. The van der Waals surface area contributed by atoms with Crippen molar-refractivity contribution in [3.63, 3.8) is 0 Å². The van der Waals surface area contributed by atoms with Gasteiger partial charge in [-0.05, 0) is 18.9 Å². The summed E-state index contributed by atoms with van der Waals surface area (Å²) in [7, 11) is 0. The number of ether oxygens (including phenoxy) is 1. The molecule has 0 spiro atoms. The van der Waals surface area contributed by atoms with E-state index in [0.717, 1.165) is 32.2 Å². The van der Waals surface area contributed by atoms with Crippen LogP contribution < -0.4 is 11.1 Å². The van der Waals surface area contributed by atoms with Gasteiger partial charge in [0.1, 0.15) is 0 Å². The Morgan fingerprint density at radius 2 is 2.15 bits per heavy atom. The Bertz CT molecular complexity index is 159. The summed E-state index contributed by atoms with van der Waals surface area (Å²) in [5.41, 5.74) is 5.87. The Hall–Kier alpha value is -0.120. The normalized spacial score (nSPS) is 33.9. The van der Waals surface area contributed by atoms with Gasteiger partial charge in [-0.25, -0.2) is 0 Å². The zero-order valence-corrected chi connectivity index (χ0v) is 8.17. The summed E-state index contributed by atoms with van der Waals surface area (Å²) >= 11 is 0. The van der Waals surface area contributed by atoms with Crippen LogP contribution in [0.4, 0.5) is 0 Å². The molecule has 0 aromatic rings. The van der Waals surface area contributed by atoms with Crippen LogP contribution in [0.2, 0.25) is 0 Å². The molecule has 1 saturated carbocycles. The van der Waals surface area contributed by atoms with Crippen molar-refractivity contribution in [2.24, 2.45) is 17.6 Å². The van der Waals surface area contributed by atoms with Crippen molar-refractivity contribution in [3.05, 3.63) is 0 Å². The zero-order valence-electron chi connectivity index (χ0n) is 8.17. The van der Waals surface area contributed by atoms with E-state index < -0.39 is 0 Å². The molecule has 1 aliphatic carbocycles. The molecule has 0 bridgehead atoms. The van der Waals surface area contributed by atoms with E-state index in [2.05, 4.69) is 5.32 Å². The molecule has 76 valence electrons. The Morgan fingerprint density at radius 3 is 2.77 bits per heavy atom. The molecule has 13 heavy (non-hydrogen) atoms. The van der Waals surface area contributed by atoms with Gasteiger partial charge >= 0.3 is 0 Å². The number of hydrogen-bond acceptors (Lipinski definition) is 3. The molecule has 2 atom stereocenters. The first kappa shape index (κ1) is 9.44. The Labute approximate surface area is 80.0 Å². The third kappa shape index (κ3) is 2.93. The summed E-state index contributed by atoms with van der Waals surface area (Å²) in [4.78, 5) is 0. The molecule has 1 heterocycles. The molecule has 2 rings (SSSR count). The second kappa shape index (κ2) is 4.40. The molecule has 2 unspecified atom stereocenters. The largest absolute Gasteiger partial charge is 0.379 e. The zero-order chi connectivity index (χ0) is 9.10. The van der Waals surface area contributed by atoms with Crippen molar-refractivity contribution in [1.29, 1.82) is 0 Å². The summed E-state index contributed by atoms with van der Waals surface area (Å²) in [5.74, 6) is 1.57. The maximum absolute atomic E-state index is 5.87. The van der Waals surface area contributed by atoms with E-state index in [4.69, 9.17) is 10.5 Å². The lowest BCUT2D eigenvalue weighted by molar-refractivity contribution is 0.184. The molecule has 0 radical (unpaired) electrons. The molecular formula is C10H20N2O. The topological polar surface area (TPSA) is 47.3 Å².